The van der Waals surface area contributed by atoms with Gasteiger partial charge in [-0.25, -0.2) is 0 Å². The SMILES string of the molecule is Cc1cc(=O)c(C(=O)N2CCN(C(C)(C)CN)CC2)c[nH]1. The molecule has 0 spiro atoms. The second kappa shape index (κ2) is 5.99. The molecule has 1 aliphatic rings. The fourth-order valence-electron chi connectivity index (χ4n) is 2.55. The topological polar surface area (TPSA) is 82.4 Å². The summed E-state index contributed by atoms with van der Waals surface area (Å²) in [6.07, 6.45) is 1.51. The number of nitrogens with two attached hydrogens (primary N) is 1. The summed E-state index contributed by atoms with van der Waals surface area (Å²) in [5.74, 6) is -0.193. The van der Waals surface area contributed by atoms with Gasteiger partial charge in [0.05, 0.1) is 0 Å². The Kier molecular flexibility index (Phi) is 4.49. The van der Waals surface area contributed by atoms with Crippen LogP contribution in [0.15, 0.2) is 17.1 Å². The number of carbonyl (C=O) groups is 1. The van der Waals surface area contributed by atoms with Crippen LogP contribution in [0.1, 0.15) is 29.9 Å². The maximum Gasteiger partial charge on any atom is 0.259 e. The molecule has 21 heavy (non-hydrogen) atoms. The molecular formula is C15H24N4O2. The third-order valence-electron chi connectivity index (χ3n) is 4.21. The zero-order valence-corrected chi connectivity index (χ0v) is 13.0. The minimum absolute atomic E-state index is 0.0591. The molecule has 0 atom stereocenters. The highest BCUT2D eigenvalue weighted by atomic mass is 16.2. The molecule has 1 aromatic heterocycles. The summed E-state index contributed by atoms with van der Waals surface area (Å²) in [6.45, 7) is 9.39. The fraction of sp³-hybridized carbons (Fsp3) is 0.600. The van der Waals surface area contributed by atoms with Crippen molar-refractivity contribution in [3.63, 3.8) is 0 Å². The lowest BCUT2D eigenvalue weighted by molar-refractivity contribution is 0.0425. The van der Waals surface area contributed by atoms with Gasteiger partial charge in [-0.05, 0) is 20.8 Å². The third-order valence-corrected chi connectivity index (χ3v) is 4.21. The Hall–Kier alpha value is -1.66. The number of nitrogens with one attached hydrogen (secondary N) is 1. The first-order valence-corrected chi connectivity index (χ1v) is 7.29. The molecule has 116 valence electrons. The van der Waals surface area contributed by atoms with Gasteiger partial charge in [0, 0.05) is 56.2 Å². The molecule has 2 rings (SSSR count). The van der Waals surface area contributed by atoms with Gasteiger partial charge in [-0.2, -0.15) is 0 Å². The molecule has 1 fully saturated rings. The normalized spacial score (nSPS) is 17.0. The van der Waals surface area contributed by atoms with Crippen LogP contribution < -0.4 is 11.2 Å². The number of H-pyrrole nitrogens is 1. The number of aryl methyl sites for hydroxylation is 1. The van der Waals surface area contributed by atoms with Crippen LogP contribution in [0.4, 0.5) is 0 Å². The number of nitrogens with zero attached hydrogens (tertiary/aromatic N) is 2. The van der Waals surface area contributed by atoms with Crippen molar-refractivity contribution in [2.24, 2.45) is 5.73 Å². The maximum atomic E-state index is 12.4. The van der Waals surface area contributed by atoms with E-state index in [0.717, 1.165) is 18.8 Å². The van der Waals surface area contributed by atoms with Crippen LogP contribution in [0.2, 0.25) is 0 Å². The van der Waals surface area contributed by atoms with E-state index in [0.29, 0.717) is 19.6 Å². The molecule has 0 unspecified atom stereocenters. The first-order valence-electron chi connectivity index (χ1n) is 7.29. The number of amides is 1. The second-order valence-corrected chi connectivity index (χ2v) is 6.19. The predicted octanol–water partition coefficient (Wildman–Crippen LogP) is 0.178. The lowest BCUT2D eigenvalue weighted by Crippen LogP contribution is -2.58. The molecule has 1 aliphatic heterocycles. The van der Waals surface area contributed by atoms with E-state index < -0.39 is 0 Å². The summed E-state index contributed by atoms with van der Waals surface area (Å²) < 4.78 is 0. The highest BCUT2D eigenvalue weighted by molar-refractivity contribution is 5.93. The average Bonchev–Trinajstić information content (AvgIpc) is 2.47. The van der Waals surface area contributed by atoms with E-state index in [9.17, 15) is 9.59 Å². The van der Waals surface area contributed by atoms with Gasteiger partial charge < -0.3 is 15.6 Å². The molecule has 3 N–H and O–H groups in total. The van der Waals surface area contributed by atoms with Crippen LogP contribution in [-0.4, -0.2) is 59.0 Å². The molecule has 0 bridgehead atoms. The van der Waals surface area contributed by atoms with Crippen molar-refractivity contribution in [3.8, 4) is 0 Å². The lowest BCUT2D eigenvalue weighted by Gasteiger charge is -2.43. The number of rotatable bonds is 3. The summed E-state index contributed by atoms with van der Waals surface area (Å²) in [5, 5.41) is 0. The second-order valence-electron chi connectivity index (χ2n) is 6.19. The van der Waals surface area contributed by atoms with Crippen LogP contribution >= 0.6 is 0 Å². The first-order chi connectivity index (χ1) is 9.85. The molecule has 0 saturated carbocycles. The van der Waals surface area contributed by atoms with E-state index >= 15 is 0 Å². The van der Waals surface area contributed by atoms with E-state index in [4.69, 9.17) is 5.73 Å². The van der Waals surface area contributed by atoms with Gasteiger partial charge in [-0.1, -0.05) is 0 Å². The quantitative estimate of drug-likeness (QED) is 0.832. The zero-order valence-electron chi connectivity index (χ0n) is 13.0. The minimum Gasteiger partial charge on any atom is -0.364 e. The Morgan fingerprint density at radius 3 is 2.48 bits per heavy atom. The molecule has 6 heteroatoms. The number of pyridine rings is 1. The van der Waals surface area contributed by atoms with Crippen molar-refractivity contribution in [1.29, 1.82) is 0 Å². The number of hydrogen-bond acceptors (Lipinski definition) is 4. The minimum atomic E-state index is -0.221. The number of hydrogen-bond donors (Lipinski definition) is 2. The number of piperazine rings is 1. The van der Waals surface area contributed by atoms with E-state index in [1.807, 2.05) is 0 Å². The monoisotopic (exact) mass is 292 g/mol. The fourth-order valence-corrected chi connectivity index (χ4v) is 2.55. The van der Waals surface area contributed by atoms with Gasteiger partial charge in [0.2, 0.25) is 0 Å². The smallest absolute Gasteiger partial charge is 0.259 e. The average molecular weight is 292 g/mol. The van der Waals surface area contributed by atoms with E-state index in [2.05, 4.69) is 23.7 Å². The van der Waals surface area contributed by atoms with E-state index in [1.54, 1.807) is 11.8 Å². The van der Waals surface area contributed by atoms with Crippen molar-refractivity contribution in [3.05, 3.63) is 33.7 Å². The third kappa shape index (κ3) is 3.33. The molecule has 1 saturated heterocycles. The lowest BCUT2D eigenvalue weighted by atomic mass is 10.0. The summed E-state index contributed by atoms with van der Waals surface area (Å²) in [4.78, 5) is 31.3. The van der Waals surface area contributed by atoms with Gasteiger partial charge in [-0.3, -0.25) is 14.5 Å². The van der Waals surface area contributed by atoms with Crippen LogP contribution in [0.25, 0.3) is 0 Å². The van der Waals surface area contributed by atoms with Crippen molar-refractivity contribution in [2.45, 2.75) is 26.3 Å². The Morgan fingerprint density at radius 1 is 1.33 bits per heavy atom. The zero-order chi connectivity index (χ0) is 15.6. The van der Waals surface area contributed by atoms with Gasteiger partial charge in [0.25, 0.3) is 5.91 Å². The number of carbonyl (C=O) groups excluding carboxylic acids is 1. The number of aromatic amines is 1. The first kappa shape index (κ1) is 15.7. The summed E-state index contributed by atoms with van der Waals surface area (Å²) in [7, 11) is 0. The van der Waals surface area contributed by atoms with Gasteiger partial charge in [0.1, 0.15) is 5.56 Å². The Balaban J connectivity index is 2.05. The van der Waals surface area contributed by atoms with Crippen LogP contribution in [0.5, 0.6) is 0 Å². The predicted molar refractivity (Wildman–Crippen MR) is 82.4 cm³/mol. The molecule has 0 radical (unpaired) electrons. The molecule has 6 nitrogen and oxygen atoms in total. The molecule has 1 amide bonds. The van der Waals surface area contributed by atoms with Crippen molar-refractivity contribution in [1.82, 2.24) is 14.8 Å². The molecule has 0 aromatic carbocycles. The largest absolute Gasteiger partial charge is 0.364 e. The standard InChI is InChI=1S/C15H24N4O2/c1-11-8-13(20)12(9-17-11)14(21)18-4-6-19(7-5-18)15(2,3)10-16/h8-9H,4-7,10,16H2,1-3H3,(H,17,20). The summed E-state index contributed by atoms with van der Waals surface area (Å²) in [6, 6.07) is 1.46. The molecule has 2 heterocycles. The highest BCUT2D eigenvalue weighted by Gasteiger charge is 2.30. The van der Waals surface area contributed by atoms with Gasteiger partial charge in [0.15, 0.2) is 5.43 Å². The molecule has 0 aliphatic carbocycles. The van der Waals surface area contributed by atoms with Gasteiger partial charge in [-0.15, -0.1) is 0 Å². The number of aromatic nitrogens is 1. The van der Waals surface area contributed by atoms with Crippen LogP contribution in [0, 0.1) is 6.92 Å². The summed E-state index contributed by atoms with van der Waals surface area (Å²) >= 11 is 0. The Bertz CT molecular complexity index is 571. The van der Waals surface area contributed by atoms with Crippen LogP contribution in [0.3, 0.4) is 0 Å². The van der Waals surface area contributed by atoms with E-state index in [1.165, 1.54) is 12.3 Å². The highest BCUT2D eigenvalue weighted by Crippen LogP contribution is 2.16. The maximum absolute atomic E-state index is 12.4. The van der Waals surface area contributed by atoms with Crippen LogP contribution in [-0.2, 0) is 0 Å². The van der Waals surface area contributed by atoms with Crippen molar-refractivity contribution in [2.75, 3.05) is 32.7 Å². The molecule has 1 aromatic rings. The van der Waals surface area contributed by atoms with Crippen molar-refractivity contribution >= 4 is 5.91 Å². The Labute approximate surface area is 124 Å². The van der Waals surface area contributed by atoms with Crippen molar-refractivity contribution < 1.29 is 4.79 Å². The van der Waals surface area contributed by atoms with Gasteiger partial charge >= 0.3 is 0 Å². The summed E-state index contributed by atoms with van der Waals surface area (Å²) in [5.41, 5.74) is 6.48. The molecular weight excluding hydrogens is 268 g/mol. The van der Waals surface area contributed by atoms with E-state index in [-0.39, 0.29) is 22.4 Å². The Morgan fingerprint density at radius 2 is 1.95 bits per heavy atom.